The van der Waals surface area contributed by atoms with Crippen molar-refractivity contribution in [1.29, 1.82) is 0 Å². The third-order valence-corrected chi connectivity index (χ3v) is 3.76. The van der Waals surface area contributed by atoms with Crippen LogP contribution in [0.25, 0.3) is 0 Å². The minimum Gasteiger partial charge on any atom is -0.481 e. The van der Waals surface area contributed by atoms with Gasteiger partial charge in [-0.1, -0.05) is 18.0 Å². The van der Waals surface area contributed by atoms with Crippen LogP contribution in [0.1, 0.15) is 19.3 Å². The van der Waals surface area contributed by atoms with Gasteiger partial charge in [-0.25, -0.2) is 9.18 Å². The van der Waals surface area contributed by atoms with Gasteiger partial charge >= 0.3 is 12.0 Å². The molecule has 0 aromatic heterocycles. The number of rotatable bonds is 4. The van der Waals surface area contributed by atoms with Crippen molar-refractivity contribution in [3.63, 3.8) is 0 Å². The average Bonchev–Trinajstić information content (AvgIpc) is 2.32. The highest BCUT2D eigenvalue weighted by Crippen LogP contribution is 2.40. The van der Waals surface area contributed by atoms with Gasteiger partial charge in [0.25, 0.3) is 0 Å². The number of carboxylic acid groups (broad SMARTS) is 1. The zero-order valence-corrected chi connectivity index (χ0v) is 11.3. The zero-order chi connectivity index (χ0) is 14.8. The smallest absolute Gasteiger partial charge is 0.319 e. The van der Waals surface area contributed by atoms with Crippen LogP contribution in [-0.2, 0) is 4.79 Å². The van der Waals surface area contributed by atoms with E-state index < -0.39 is 23.2 Å². The van der Waals surface area contributed by atoms with Crippen LogP contribution < -0.4 is 10.6 Å². The van der Waals surface area contributed by atoms with Crippen molar-refractivity contribution in [2.45, 2.75) is 19.3 Å². The molecule has 1 aliphatic rings. The highest BCUT2D eigenvalue weighted by molar-refractivity contribution is 6.30. The number of nitrogens with one attached hydrogen (secondary N) is 2. The number of amides is 2. The van der Waals surface area contributed by atoms with Crippen molar-refractivity contribution in [1.82, 2.24) is 5.32 Å². The molecule has 1 aromatic carbocycles. The molecule has 2 rings (SSSR count). The van der Waals surface area contributed by atoms with E-state index in [1.165, 1.54) is 12.1 Å². The van der Waals surface area contributed by atoms with E-state index >= 15 is 0 Å². The molecule has 5 nitrogen and oxygen atoms in total. The molecule has 7 heteroatoms. The topological polar surface area (TPSA) is 78.4 Å². The fourth-order valence-electron chi connectivity index (χ4n) is 2.08. The summed E-state index contributed by atoms with van der Waals surface area (Å²) >= 11 is 5.71. The van der Waals surface area contributed by atoms with Crippen molar-refractivity contribution < 1.29 is 19.1 Å². The number of hydrogen-bond donors (Lipinski definition) is 3. The molecule has 108 valence electrons. The van der Waals surface area contributed by atoms with Crippen LogP contribution in [0.2, 0.25) is 5.02 Å². The molecule has 1 fully saturated rings. The number of halogens is 2. The summed E-state index contributed by atoms with van der Waals surface area (Å²) in [4.78, 5) is 22.8. The minimum atomic E-state index is -0.919. The largest absolute Gasteiger partial charge is 0.481 e. The number of urea groups is 1. The third kappa shape index (κ3) is 3.01. The molecular formula is C13H14ClFN2O3. The monoisotopic (exact) mass is 300 g/mol. The molecule has 3 N–H and O–H groups in total. The molecule has 0 radical (unpaired) electrons. The van der Waals surface area contributed by atoms with E-state index in [0.717, 1.165) is 12.5 Å². The Morgan fingerprint density at radius 3 is 2.65 bits per heavy atom. The zero-order valence-electron chi connectivity index (χ0n) is 10.6. The summed E-state index contributed by atoms with van der Waals surface area (Å²) in [5.74, 6) is -1.53. The van der Waals surface area contributed by atoms with Gasteiger partial charge in [-0.2, -0.15) is 0 Å². The Labute approximate surface area is 120 Å². The first kappa shape index (κ1) is 14.6. The maximum absolute atomic E-state index is 13.4. The van der Waals surface area contributed by atoms with E-state index in [9.17, 15) is 14.0 Å². The van der Waals surface area contributed by atoms with E-state index in [1.54, 1.807) is 0 Å². The van der Waals surface area contributed by atoms with Crippen molar-refractivity contribution in [3.05, 3.63) is 29.0 Å². The summed E-state index contributed by atoms with van der Waals surface area (Å²) in [6.07, 6.45) is 1.90. The van der Waals surface area contributed by atoms with E-state index in [0.29, 0.717) is 17.9 Å². The summed E-state index contributed by atoms with van der Waals surface area (Å²) in [6, 6.07) is 3.14. The molecule has 0 atom stereocenters. The highest BCUT2D eigenvalue weighted by atomic mass is 35.5. The Morgan fingerprint density at radius 2 is 2.10 bits per heavy atom. The van der Waals surface area contributed by atoms with Crippen LogP contribution in [0.5, 0.6) is 0 Å². The van der Waals surface area contributed by atoms with E-state index in [1.807, 2.05) is 0 Å². The predicted octanol–water partition coefficient (Wildman–Crippen LogP) is 2.86. The number of hydrogen-bond acceptors (Lipinski definition) is 2. The van der Waals surface area contributed by atoms with Crippen molar-refractivity contribution in [3.8, 4) is 0 Å². The molecule has 0 spiro atoms. The molecule has 0 aliphatic heterocycles. The van der Waals surface area contributed by atoms with E-state index in [-0.39, 0.29) is 12.2 Å². The van der Waals surface area contributed by atoms with Gasteiger partial charge in [-0.15, -0.1) is 0 Å². The van der Waals surface area contributed by atoms with E-state index in [4.69, 9.17) is 16.7 Å². The standard InChI is InChI=1S/C13H14ClFN2O3/c14-8-2-3-9(15)10(6-8)17-12(20)16-7-13(11(18)19)4-1-5-13/h2-3,6H,1,4-5,7H2,(H,18,19)(H2,16,17,20). The van der Waals surface area contributed by atoms with Crippen molar-refractivity contribution in [2.24, 2.45) is 5.41 Å². The third-order valence-electron chi connectivity index (χ3n) is 3.53. The summed E-state index contributed by atoms with van der Waals surface area (Å²) < 4.78 is 13.4. The van der Waals surface area contributed by atoms with Gasteiger partial charge in [0, 0.05) is 11.6 Å². The summed E-state index contributed by atoms with van der Waals surface area (Å²) in [6.45, 7) is 0.0242. The quantitative estimate of drug-likeness (QED) is 0.800. The van der Waals surface area contributed by atoms with Gasteiger partial charge in [-0.05, 0) is 31.0 Å². The number of benzene rings is 1. The molecule has 0 bridgehead atoms. The molecular weight excluding hydrogens is 287 g/mol. The lowest BCUT2D eigenvalue weighted by Gasteiger charge is -2.37. The lowest BCUT2D eigenvalue weighted by Crippen LogP contribution is -2.48. The number of anilines is 1. The first-order valence-corrected chi connectivity index (χ1v) is 6.54. The molecule has 0 unspecified atom stereocenters. The Morgan fingerprint density at radius 1 is 1.40 bits per heavy atom. The van der Waals surface area contributed by atoms with Gasteiger partial charge in [0.2, 0.25) is 0 Å². The minimum absolute atomic E-state index is 0.0242. The first-order chi connectivity index (χ1) is 9.43. The van der Waals surface area contributed by atoms with Gasteiger partial charge in [0.15, 0.2) is 0 Å². The number of carboxylic acids is 1. The molecule has 1 aromatic rings. The molecule has 1 saturated carbocycles. The fraction of sp³-hybridized carbons (Fsp3) is 0.385. The molecule has 1 aliphatic carbocycles. The second-order valence-corrected chi connectivity index (χ2v) is 5.31. The van der Waals surface area contributed by atoms with Crippen LogP contribution >= 0.6 is 11.6 Å². The second-order valence-electron chi connectivity index (χ2n) is 4.87. The lowest BCUT2D eigenvalue weighted by atomic mass is 9.69. The SMILES string of the molecule is O=C(NCC1(C(=O)O)CCC1)Nc1cc(Cl)ccc1F. The number of carbonyl (C=O) groups excluding carboxylic acids is 1. The van der Waals surface area contributed by atoms with Crippen molar-refractivity contribution in [2.75, 3.05) is 11.9 Å². The van der Waals surface area contributed by atoms with E-state index in [2.05, 4.69) is 10.6 Å². The van der Waals surface area contributed by atoms with Gasteiger partial charge in [0.1, 0.15) is 5.82 Å². The second kappa shape index (κ2) is 5.66. The lowest BCUT2D eigenvalue weighted by molar-refractivity contribution is -0.153. The van der Waals surface area contributed by atoms with Crippen LogP contribution in [0.15, 0.2) is 18.2 Å². The Bertz CT molecular complexity index is 546. The maximum Gasteiger partial charge on any atom is 0.319 e. The molecule has 0 heterocycles. The van der Waals surface area contributed by atoms with Crippen LogP contribution in [0.3, 0.4) is 0 Å². The maximum atomic E-state index is 13.4. The fourth-order valence-corrected chi connectivity index (χ4v) is 2.25. The van der Waals surface area contributed by atoms with Crippen molar-refractivity contribution >= 4 is 29.3 Å². The summed E-state index contributed by atoms with van der Waals surface area (Å²) in [5.41, 5.74) is -0.933. The highest BCUT2D eigenvalue weighted by Gasteiger charge is 2.44. The summed E-state index contributed by atoms with van der Waals surface area (Å²) in [5, 5.41) is 14.2. The Balaban J connectivity index is 1.93. The average molecular weight is 301 g/mol. The Kier molecular flexibility index (Phi) is 4.13. The van der Waals surface area contributed by atoms with Crippen LogP contribution in [-0.4, -0.2) is 23.7 Å². The van der Waals surface area contributed by atoms with Gasteiger partial charge in [0.05, 0.1) is 11.1 Å². The molecule has 20 heavy (non-hydrogen) atoms. The van der Waals surface area contributed by atoms with Crippen LogP contribution in [0, 0.1) is 11.2 Å². The first-order valence-electron chi connectivity index (χ1n) is 6.16. The number of carbonyl (C=O) groups is 2. The van der Waals surface area contributed by atoms with Gasteiger partial charge < -0.3 is 15.7 Å². The predicted molar refractivity (Wildman–Crippen MR) is 72.4 cm³/mol. The number of aliphatic carboxylic acids is 1. The normalized spacial score (nSPS) is 16.1. The Hall–Kier alpha value is -1.82. The molecule has 2 amide bonds. The summed E-state index contributed by atoms with van der Waals surface area (Å²) in [7, 11) is 0. The molecule has 0 saturated heterocycles. The van der Waals surface area contributed by atoms with Crippen LogP contribution in [0.4, 0.5) is 14.9 Å². The van der Waals surface area contributed by atoms with Gasteiger partial charge in [-0.3, -0.25) is 4.79 Å².